The van der Waals surface area contributed by atoms with Crippen LogP contribution in [0.15, 0.2) is 12.3 Å². The lowest BCUT2D eigenvalue weighted by atomic mass is 10.5. The summed E-state index contributed by atoms with van der Waals surface area (Å²) in [6, 6.07) is 0. The molecule has 0 aliphatic carbocycles. The van der Waals surface area contributed by atoms with Gasteiger partial charge in [-0.05, 0) is 12.3 Å². The molecule has 0 heterocycles. The molecule has 3 N–H and O–H groups in total. The maximum absolute atomic E-state index is 10.6. The molecule has 0 aromatic rings. The Morgan fingerprint density at radius 1 is 1.80 bits per heavy atom. The van der Waals surface area contributed by atoms with Crippen LogP contribution in [0.4, 0.5) is 0 Å². The van der Waals surface area contributed by atoms with Gasteiger partial charge in [-0.15, -0.1) is 0 Å². The minimum absolute atomic E-state index is 0.0956. The number of nitrogens with two attached hydrogens (primary N) is 1. The van der Waals surface area contributed by atoms with Gasteiger partial charge >= 0.3 is 0 Å². The van der Waals surface area contributed by atoms with Crippen molar-refractivity contribution in [1.29, 1.82) is 0 Å². The minimum Gasteiger partial charge on any atom is -0.405 e. The Morgan fingerprint density at radius 3 is 3.00 bits per heavy atom. The van der Waals surface area contributed by atoms with E-state index in [4.69, 9.17) is 5.73 Å². The third-order valence-corrected chi connectivity index (χ3v) is 0.829. The first-order valence-electron chi connectivity index (χ1n) is 2.93. The highest BCUT2D eigenvalue weighted by Gasteiger charge is 1.94. The van der Waals surface area contributed by atoms with E-state index in [1.807, 2.05) is 0 Å². The van der Waals surface area contributed by atoms with E-state index in [9.17, 15) is 4.79 Å². The quantitative estimate of drug-likeness (QED) is 0.544. The lowest BCUT2D eigenvalue weighted by Crippen LogP contribution is -2.27. The zero-order valence-corrected chi connectivity index (χ0v) is 5.96. The second kappa shape index (κ2) is 6.10. The van der Waals surface area contributed by atoms with Crippen LogP contribution in [0, 0.1) is 0 Å². The van der Waals surface area contributed by atoms with Gasteiger partial charge in [-0.25, -0.2) is 0 Å². The van der Waals surface area contributed by atoms with Gasteiger partial charge < -0.3 is 15.8 Å². The molecule has 0 radical (unpaired) electrons. The van der Waals surface area contributed by atoms with Crippen LogP contribution in [0.3, 0.4) is 0 Å². The summed E-state index contributed by atoms with van der Waals surface area (Å²) < 4.78 is 4.57. The Labute approximate surface area is 60.0 Å². The summed E-state index contributed by atoms with van der Waals surface area (Å²) in [5.74, 6) is -0.138. The number of rotatable bonds is 4. The molecule has 0 rings (SSSR count). The Hall–Kier alpha value is -1.03. The number of methoxy groups -OCH3 is 1. The van der Waals surface area contributed by atoms with Crippen molar-refractivity contribution in [3.8, 4) is 0 Å². The van der Waals surface area contributed by atoms with Gasteiger partial charge in [0.15, 0.2) is 0 Å². The predicted molar refractivity (Wildman–Crippen MR) is 38.2 cm³/mol. The van der Waals surface area contributed by atoms with Crippen molar-refractivity contribution in [3.05, 3.63) is 12.3 Å². The first kappa shape index (κ1) is 8.97. The van der Waals surface area contributed by atoms with E-state index in [1.54, 1.807) is 6.08 Å². The molecule has 0 spiro atoms. The van der Waals surface area contributed by atoms with E-state index in [0.717, 1.165) is 0 Å². The van der Waals surface area contributed by atoms with Gasteiger partial charge in [0.2, 0.25) is 5.91 Å². The standard InChI is InChI=1S/C6H12N2O2/c1-10-5-6(9)8-4-2-3-7/h2-3H,4-5,7H2,1H3,(H,8,9)/b3-2+. The zero-order valence-electron chi connectivity index (χ0n) is 5.96. The van der Waals surface area contributed by atoms with Gasteiger partial charge in [-0.2, -0.15) is 0 Å². The van der Waals surface area contributed by atoms with E-state index in [0.29, 0.717) is 6.54 Å². The number of nitrogens with one attached hydrogen (secondary N) is 1. The zero-order chi connectivity index (χ0) is 7.82. The molecule has 0 aromatic carbocycles. The Balaban J connectivity index is 3.21. The van der Waals surface area contributed by atoms with Crippen molar-refractivity contribution < 1.29 is 9.53 Å². The number of hydrogen-bond donors (Lipinski definition) is 2. The molecular weight excluding hydrogens is 132 g/mol. The van der Waals surface area contributed by atoms with Gasteiger partial charge in [0.1, 0.15) is 6.61 Å². The van der Waals surface area contributed by atoms with Crippen LogP contribution in [0.5, 0.6) is 0 Å². The summed E-state index contributed by atoms with van der Waals surface area (Å²) in [5, 5.41) is 2.55. The molecule has 0 atom stereocenters. The molecule has 0 fully saturated rings. The van der Waals surface area contributed by atoms with E-state index < -0.39 is 0 Å². The lowest BCUT2D eigenvalue weighted by molar-refractivity contribution is -0.124. The summed E-state index contributed by atoms with van der Waals surface area (Å²) in [6.45, 7) is 0.553. The fourth-order valence-corrected chi connectivity index (χ4v) is 0.423. The van der Waals surface area contributed by atoms with E-state index in [1.165, 1.54) is 13.3 Å². The fourth-order valence-electron chi connectivity index (χ4n) is 0.423. The molecule has 0 bridgehead atoms. The molecule has 10 heavy (non-hydrogen) atoms. The Bertz CT molecular complexity index is 123. The van der Waals surface area contributed by atoms with Crippen LogP contribution in [-0.2, 0) is 9.53 Å². The van der Waals surface area contributed by atoms with Gasteiger partial charge in [-0.3, -0.25) is 4.79 Å². The number of carbonyl (C=O) groups is 1. The van der Waals surface area contributed by atoms with Crippen LogP contribution < -0.4 is 11.1 Å². The van der Waals surface area contributed by atoms with E-state index in [2.05, 4.69) is 10.1 Å². The number of amides is 1. The van der Waals surface area contributed by atoms with Crippen molar-refractivity contribution in [1.82, 2.24) is 5.32 Å². The van der Waals surface area contributed by atoms with Crippen molar-refractivity contribution in [3.63, 3.8) is 0 Å². The summed E-state index contributed by atoms with van der Waals surface area (Å²) in [4.78, 5) is 10.6. The smallest absolute Gasteiger partial charge is 0.246 e. The number of ether oxygens (including phenoxy) is 1. The number of carbonyl (C=O) groups excluding carboxylic acids is 1. The molecule has 58 valence electrons. The highest BCUT2D eigenvalue weighted by atomic mass is 16.5. The third-order valence-electron chi connectivity index (χ3n) is 0.829. The Kier molecular flexibility index (Phi) is 5.47. The van der Waals surface area contributed by atoms with Crippen molar-refractivity contribution in [2.75, 3.05) is 20.3 Å². The number of hydrogen-bond acceptors (Lipinski definition) is 3. The summed E-state index contributed by atoms with van der Waals surface area (Å²) in [5.41, 5.74) is 5.03. The van der Waals surface area contributed by atoms with Crippen molar-refractivity contribution in [2.45, 2.75) is 0 Å². The third kappa shape index (κ3) is 5.11. The van der Waals surface area contributed by atoms with Crippen LogP contribution in [0.25, 0.3) is 0 Å². The summed E-state index contributed by atoms with van der Waals surface area (Å²) in [7, 11) is 1.47. The van der Waals surface area contributed by atoms with Crippen LogP contribution >= 0.6 is 0 Å². The van der Waals surface area contributed by atoms with Crippen LogP contribution in [0.1, 0.15) is 0 Å². The topological polar surface area (TPSA) is 64.3 Å². The van der Waals surface area contributed by atoms with Gasteiger partial charge in [0.05, 0.1) is 0 Å². The highest BCUT2D eigenvalue weighted by Crippen LogP contribution is 1.68. The molecule has 0 aromatic heterocycles. The second-order valence-electron chi connectivity index (χ2n) is 1.67. The predicted octanol–water partition coefficient (Wildman–Crippen LogP) is -0.779. The maximum atomic E-state index is 10.6. The Morgan fingerprint density at radius 2 is 2.50 bits per heavy atom. The molecule has 0 unspecified atom stereocenters. The van der Waals surface area contributed by atoms with Gasteiger partial charge in [0.25, 0.3) is 0 Å². The summed E-state index contributed by atoms with van der Waals surface area (Å²) >= 11 is 0. The van der Waals surface area contributed by atoms with E-state index in [-0.39, 0.29) is 12.5 Å². The first-order chi connectivity index (χ1) is 4.81. The molecule has 0 saturated carbocycles. The molecule has 4 heteroatoms. The average molecular weight is 144 g/mol. The molecule has 1 amide bonds. The molecular formula is C6H12N2O2. The monoisotopic (exact) mass is 144 g/mol. The molecule has 0 aliphatic rings. The van der Waals surface area contributed by atoms with Crippen LogP contribution in [-0.4, -0.2) is 26.2 Å². The average Bonchev–Trinajstić information content (AvgIpc) is 1.89. The van der Waals surface area contributed by atoms with Crippen molar-refractivity contribution >= 4 is 5.91 Å². The largest absolute Gasteiger partial charge is 0.405 e. The highest BCUT2D eigenvalue weighted by molar-refractivity contribution is 5.77. The summed E-state index contributed by atoms with van der Waals surface area (Å²) in [6.07, 6.45) is 3.03. The molecule has 0 saturated heterocycles. The fraction of sp³-hybridized carbons (Fsp3) is 0.500. The minimum atomic E-state index is -0.138. The SMILES string of the molecule is COCC(=O)NC/C=C/N. The van der Waals surface area contributed by atoms with Gasteiger partial charge in [-0.1, -0.05) is 0 Å². The molecule has 0 aliphatic heterocycles. The van der Waals surface area contributed by atoms with E-state index >= 15 is 0 Å². The van der Waals surface area contributed by atoms with Crippen LogP contribution in [0.2, 0.25) is 0 Å². The van der Waals surface area contributed by atoms with Gasteiger partial charge in [0, 0.05) is 13.7 Å². The lowest BCUT2D eigenvalue weighted by Gasteiger charge is -1.98. The molecule has 4 nitrogen and oxygen atoms in total. The maximum Gasteiger partial charge on any atom is 0.246 e. The van der Waals surface area contributed by atoms with Crippen molar-refractivity contribution in [2.24, 2.45) is 5.73 Å². The second-order valence-corrected chi connectivity index (χ2v) is 1.67. The first-order valence-corrected chi connectivity index (χ1v) is 2.93. The normalized spacial score (nSPS) is 10.1.